The number of carbonyl (C=O) groups excluding carboxylic acids is 1. The number of rotatable bonds is 6. The van der Waals surface area contributed by atoms with E-state index in [0.717, 1.165) is 17.1 Å². The van der Waals surface area contributed by atoms with Gasteiger partial charge in [-0.05, 0) is 19.9 Å². The summed E-state index contributed by atoms with van der Waals surface area (Å²) in [4.78, 5) is 18.7. The number of nitrogens with zero attached hydrogens (tertiary/aromatic N) is 3. The van der Waals surface area contributed by atoms with Gasteiger partial charge in [-0.1, -0.05) is 18.2 Å². The SMILES string of the molecule is CCN(CC)C(=O)NC(c1ccccc1OC)c1nccn1C. The molecule has 2 aromatic rings. The van der Waals surface area contributed by atoms with E-state index < -0.39 is 0 Å². The molecule has 124 valence electrons. The third kappa shape index (κ3) is 3.64. The number of imidazole rings is 1. The van der Waals surface area contributed by atoms with Crippen molar-refractivity contribution in [3.63, 3.8) is 0 Å². The van der Waals surface area contributed by atoms with E-state index in [1.165, 1.54) is 0 Å². The van der Waals surface area contributed by atoms with Crippen LogP contribution in [0, 0.1) is 0 Å². The molecule has 1 heterocycles. The summed E-state index contributed by atoms with van der Waals surface area (Å²) in [6.45, 7) is 5.23. The molecule has 6 nitrogen and oxygen atoms in total. The maximum atomic E-state index is 12.5. The fourth-order valence-electron chi connectivity index (χ4n) is 2.57. The van der Waals surface area contributed by atoms with E-state index in [4.69, 9.17) is 4.74 Å². The summed E-state index contributed by atoms with van der Waals surface area (Å²) in [7, 11) is 3.54. The van der Waals surface area contributed by atoms with E-state index in [9.17, 15) is 4.79 Å². The average Bonchev–Trinajstić information content (AvgIpc) is 2.99. The van der Waals surface area contributed by atoms with Crippen LogP contribution in [0.2, 0.25) is 0 Å². The lowest BCUT2D eigenvalue weighted by atomic mass is 10.0. The highest BCUT2D eigenvalue weighted by atomic mass is 16.5. The van der Waals surface area contributed by atoms with Gasteiger partial charge in [-0.25, -0.2) is 9.78 Å². The smallest absolute Gasteiger partial charge is 0.318 e. The molecule has 1 unspecified atom stereocenters. The van der Waals surface area contributed by atoms with Crippen molar-refractivity contribution >= 4 is 6.03 Å². The Hall–Kier alpha value is -2.50. The second kappa shape index (κ2) is 7.67. The number of hydrogen-bond donors (Lipinski definition) is 1. The van der Waals surface area contributed by atoms with Gasteiger partial charge in [0.1, 0.15) is 17.6 Å². The first-order valence-electron chi connectivity index (χ1n) is 7.77. The highest BCUT2D eigenvalue weighted by Crippen LogP contribution is 2.29. The van der Waals surface area contributed by atoms with Gasteiger partial charge in [0, 0.05) is 38.1 Å². The topological polar surface area (TPSA) is 59.4 Å². The predicted molar refractivity (Wildman–Crippen MR) is 89.5 cm³/mol. The Morgan fingerprint density at radius 1 is 1.35 bits per heavy atom. The van der Waals surface area contributed by atoms with Crippen LogP contribution in [0.25, 0.3) is 0 Å². The summed E-state index contributed by atoms with van der Waals surface area (Å²) in [6, 6.07) is 7.17. The Balaban J connectivity index is 2.41. The lowest BCUT2D eigenvalue weighted by Gasteiger charge is -2.25. The molecule has 0 spiro atoms. The fraction of sp³-hybridized carbons (Fsp3) is 0.412. The maximum Gasteiger partial charge on any atom is 0.318 e. The van der Waals surface area contributed by atoms with E-state index in [1.54, 1.807) is 18.2 Å². The van der Waals surface area contributed by atoms with Gasteiger partial charge < -0.3 is 19.5 Å². The monoisotopic (exact) mass is 316 g/mol. The lowest BCUT2D eigenvalue weighted by Crippen LogP contribution is -2.42. The van der Waals surface area contributed by atoms with Gasteiger partial charge in [0.05, 0.1) is 7.11 Å². The molecule has 0 fully saturated rings. The first kappa shape index (κ1) is 16.9. The molecule has 0 saturated carbocycles. The van der Waals surface area contributed by atoms with Gasteiger partial charge in [0.2, 0.25) is 0 Å². The van der Waals surface area contributed by atoms with Crippen LogP contribution in [-0.2, 0) is 7.05 Å². The quantitative estimate of drug-likeness (QED) is 0.891. The Kier molecular flexibility index (Phi) is 5.62. The van der Waals surface area contributed by atoms with Crippen LogP contribution >= 0.6 is 0 Å². The second-order valence-electron chi connectivity index (χ2n) is 5.19. The minimum Gasteiger partial charge on any atom is -0.496 e. The minimum atomic E-state index is -0.376. The van der Waals surface area contributed by atoms with Gasteiger partial charge >= 0.3 is 6.03 Å². The zero-order valence-corrected chi connectivity index (χ0v) is 14.1. The van der Waals surface area contributed by atoms with Gasteiger partial charge in [-0.2, -0.15) is 0 Å². The van der Waals surface area contributed by atoms with Gasteiger partial charge in [0.25, 0.3) is 0 Å². The van der Waals surface area contributed by atoms with Crippen LogP contribution in [0.15, 0.2) is 36.7 Å². The molecule has 1 N–H and O–H groups in total. The highest BCUT2D eigenvalue weighted by molar-refractivity contribution is 5.75. The molecule has 2 rings (SSSR count). The van der Waals surface area contributed by atoms with Crippen LogP contribution in [0.5, 0.6) is 5.75 Å². The number of aryl methyl sites for hydroxylation is 1. The van der Waals surface area contributed by atoms with E-state index in [-0.39, 0.29) is 12.1 Å². The van der Waals surface area contributed by atoms with Gasteiger partial charge in [-0.15, -0.1) is 0 Å². The number of aromatic nitrogens is 2. The molecule has 0 aliphatic rings. The summed E-state index contributed by atoms with van der Waals surface area (Å²) in [5, 5.41) is 3.08. The molecular formula is C17H24N4O2. The molecular weight excluding hydrogens is 292 g/mol. The number of para-hydroxylation sites is 1. The third-order valence-corrected chi connectivity index (χ3v) is 3.89. The molecule has 23 heavy (non-hydrogen) atoms. The summed E-state index contributed by atoms with van der Waals surface area (Å²) >= 11 is 0. The van der Waals surface area contributed by atoms with Crippen molar-refractivity contribution in [3.05, 3.63) is 48.0 Å². The zero-order chi connectivity index (χ0) is 16.8. The van der Waals surface area contributed by atoms with Crippen LogP contribution < -0.4 is 10.1 Å². The Morgan fingerprint density at radius 2 is 2.04 bits per heavy atom. The van der Waals surface area contributed by atoms with Crippen molar-refractivity contribution in [2.75, 3.05) is 20.2 Å². The number of methoxy groups -OCH3 is 1. The van der Waals surface area contributed by atoms with Crippen molar-refractivity contribution in [1.82, 2.24) is 19.8 Å². The highest BCUT2D eigenvalue weighted by Gasteiger charge is 2.25. The van der Waals surface area contributed by atoms with Crippen molar-refractivity contribution in [1.29, 1.82) is 0 Å². The number of ether oxygens (including phenoxy) is 1. The number of nitrogens with one attached hydrogen (secondary N) is 1. The Morgan fingerprint density at radius 3 is 2.61 bits per heavy atom. The largest absolute Gasteiger partial charge is 0.496 e. The molecule has 0 saturated heterocycles. The van der Waals surface area contributed by atoms with E-state index in [0.29, 0.717) is 13.1 Å². The molecule has 1 aromatic heterocycles. The summed E-state index contributed by atoms with van der Waals surface area (Å²) in [5.74, 6) is 1.48. The zero-order valence-electron chi connectivity index (χ0n) is 14.1. The molecule has 1 atom stereocenters. The lowest BCUT2D eigenvalue weighted by molar-refractivity contribution is 0.200. The fourth-order valence-corrected chi connectivity index (χ4v) is 2.57. The number of benzene rings is 1. The van der Waals surface area contributed by atoms with Crippen molar-refractivity contribution < 1.29 is 9.53 Å². The van der Waals surface area contributed by atoms with Crippen LogP contribution in [0.3, 0.4) is 0 Å². The normalized spacial score (nSPS) is 11.8. The molecule has 0 radical (unpaired) electrons. The van der Waals surface area contributed by atoms with E-state index in [2.05, 4.69) is 10.3 Å². The molecule has 6 heteroatoms. The maximum absolute atomic E-state index is 12.5. The van der Waals surface area contributed by atoms with Crippen molar-refractivity contribution in [2.24, 2.45) is 7.05 Å². The number of carbonyl (C=O) groups is 1. The Labute approximate surface area is 137 Å². The number of amides is 2. The first-order chi connectivity index (χ1) is 11.1. The van der Waals surface area contributed by atoms with E-state index in [1.807, 2.05) is 55.9 Å². The second-order valence-corrected chi connectivity index (χ2v) is 5.19. The number of urea groups is 1. The number of hydrogen-bond acceptors (Lipinski definition) is 3. The Bertz CT molecular complexity index is 650. The van der Waals surface area contributed by atoms with Gasteiger partial charge in [0.15, 0.2) is 0 Å². The van der Waals surface area contributed by atoms with Crippen molar-refractivity contribution in [3.8, 4) is 5.75 Å². The van der Waals surface area contributed by atoms with Crippen LogP contribution in [0.4, 0.5) is 4.79 Å². The molecule has 0 aliphatic carbocycles. The standard InChI is InChI=1S/C17H24N4O2/c1-5-21(6-2)17(22)19-15(16-18-11-12-20(16)3)13-9-7-8-10-14(13)23-4/h7-12,15H,5-6H2,1-4H3,(H,19,22). The van der Waals surface area contributed by atoms with Crippen LogP contribution in [0.1, 0.15) is 31.3 Å². The van der Waals surface area contributed by atoms with Crippen molar-refractivity contribution in [2.45, 2.75) is 19.9 Å². The molecule has 2 amide bonds. The minimum absolute atomic E-state index is 0.117. The van der Waals surface area contributed by atoms with E-state index >= 15 is 0 Å². The summed E-state index contributed by atoms with van der Waals surface area (Å²) < 4.78 is 7.36. The summed E-state index contributed by atoms with van der Waals surface area (Å²) in [6.07, 6.45) is 3.59. The van der Waals surface area contributed by atoms with Gasteiger partial charge in [-0.3, -0.25) is 0 Å². The molecule has 1 aromatic carbocycles. The molecule has 0 bridgehead atoms. The predicted octanol–water partition coefficient (Wildman–Crippen LogP) is 2.57. The first-order valence-corrected chi connectivity index (χ1v) is 7.77. The summed E-state index contributed by atoms with van der Waals surface area (Å²) in [5.41, 5.74) is 0.879. The average molecular weight is 316 g/mol. The van der Waals surface area contributed by atoms with Crippen LogP contribution in [-0.4, -0.2) is 40.7 Å². The molecule has 0 aliphatic heterocycles. The third-order valence-electron chi connectivity index (χ3n) is 3.89.